The molecular weight excluding hydrogens is 176 g/mol. The molecule has 1 aliphatic rings. The summed E-state index contributed by atoms with van der Waals surface area (Å²) >= 11 is 0. The van der Waals surface area contributed by atoms with Gasteiger partial charge in [0, 0.05) is 19.6 Å². The number of anilines is 1. The highest BCUT2D eigenvalue weighted by atomic mass is 15.3. The standard InChI is InChI=1S/C10H16N4/c11-8-9-4-5-10(13-12-9)14-6-2-1-3-7-14/h4-5H,1-3,6-8,11H2. The van der Waals surface area contributed by atoms with Gasteiger partial charge in [-0.05, 0) is 31.4 Å². The van der Waals surface area contributed by atoms with Gasteiger partial charge in [0.1, 0.15) is 0 Å². The first-order valence-corrected chi connectivity index (χ1v) is 5.18. The van der Waals surface area contributed by atoms with Gasteiger partial charge in [-0.25, -0.2) is 0 Å². The lowest BCUT2D eigenvalue weighted by Gasteiger charge is -2.27. The number of aromatic nitrogens is 2. The third-order valence-electron chi connectivity index (χ3n) is 2.59. The van der Waals surface area contributed by atoms with Crippen molar-refractivity contribution in [3.8, 4) is 0 Å². The Morgan fingerprint density at radius 3 is 2.50 bits per heavy atom. The second-order valence-corrected chi connectivity index (χ2v) is 3.63. The zero-order chi connectivity index (χ0) is 9.80. The predicted octanol–water partition coefficient (Wildman–Crippen LogP) is 0.926. The van der Waals surface area contributed by atoms with Crippen molar-refractivity contribution in [1.82, 2.24) is 10.2 Å². The van der Waals surface area contributed by atoms with Crippen LogP contribution in [0.2, 0.25) is 0 Å². The van der Waals surface area contributed by atoms with Gasteiger partial charge in [-0.15, -0.1) is 5.10 Å². The van der Waals surface area contributed by atoms with Gasteiger partial charge >= 0.3 is 0 Å². The van der Waals surface area contributed by atoms with E-state index in [9.17, 15) is 0 Å². The summed E-state index contributed by atoms with van der Waals surface area (Å²) in [5, 5.41) is 8.22. The normalized spacial score (nSPS) is 17.1. The van der Waals surface area contributed by atoms with Gasteiger partial charge in [0.2, 0.25) is 0 Å². The smallest absolute Gasteiger partial charge is 0.151 e. The molecular formula is C10H16N4. The zero-order valence-electron chi connectivity index (χ0n) is 8.32. The molecule has 2 N–H and O–H groups in total. The maximum Gasteiger partial charge on any atom is 0.151 e. The fourth-order valence-corrected chi connectivity index (χ4v) is 1.75. The molecule has 1 saturated heterocycles. The second kappa shape index (κ2) is 4.37. The number of nitrogens with two attached hydrogens (primary N) is 1. The lowest BCUT2D eigenvalue weighted by molar-refractivity contribution is 0.570. The van der Waals surface area contributed by atoms with Gasteiger partial charge in [0.15, 0.2) is 5.82 Å². The summed E-state index contributed by atoms with van der Waals surface area (Å²) in [7, 11) is 0. The van der Waals surface area contributed by atoms with Crippen LogP contribution in [0.3, 0.4) is 0 Å². The molecule has 1 aromatic rings. The number of nitrogens with zero attached hydrogens (tertiary/aromatic N) is 3. The Balaban J connectivity index is 2.07. The molecule has 76 valence electrons. The van der Waals surface area contributed by atoms with Crippen LogP contribution in [0.5, 0.6) is 0 Å². The Morgan fingerprint density at radius 2 is 1.93 bits per heavy atom. The largest absolute Gasteiger partial charge is 0.355 e. The van der Waals surface area contributed by atoms with Crippen LogP contribution in [0.1, 0.15) is 25.0 Å². The van der Waals surface area contributed by atoms with Crippen LogP contribution in [0, 0.1) is 0 Å². The van der Waals surface area contributed by atoms with Gasteiger partial charge in [-0.3, -0.25) is 0 Å². The minimum atomic E-state index is 0.466. The molecule has 0 unspecified atom stereocenters. The summed E-state index contributed by atoms with van der Waals surface area (Å²) in [6.07, 6.45) is 3.87. The van der Waals surface area contributed by atoms with Crippen LogP contribution < -0.4 is 10.6 Å². The van der Waals surface area contributed by atoms with Gasteiger partial charge in [0.05, 0.1) is 5.69 Å². The Morgan fingerprint density at radius 1 is 1.14 bits per heavy atom. The first kappa shape index (κ1) is 9.40. The molecule has 2 rings (SSSR count). The maximum atomic E-state index is 5.46. The molecule has 0 aliphatic carbocycles. The minimum Gasteiger partial charge on any atom is -0.355 e. The SMILES string of the molecule is NCc1ccc(N2CCCCC2)nn1. The van der Waals surface area contributed by atoms with E-state index in [-0.39, 0.29) is 0 Å². The molecule has 0 spiro atoms. The average molecular weight is 192 g/mol. The van der Waals surface area contributed by atoms with E-state index in [0.717, 1.165) is 24.6 Å². The summed E-state index contributed by atoms with van der Waals surface area (Å²) in [6, 6.07) is 3.97. The second-order valence-electron chi connectivity index (χ2n) is 3.63. The number of rotatable bonds is 2. The summed E-state index contributed by atoms with van der Waals surface area (Å²) in [6.45, 7) is 2.68. The van der Waals surface area contributed by atoms with E-state index in [1.54, 1.807) is 0 Å². The molecule has 0 aromatic carbocycles. The highest BCUT2D eigenvalue weighted by Gasteiger charge is 2.11. The van der Waals surface area contributed by atoms with Crippen molar-refractivity contribution in [1.29, 1.82) is 0 Å². The van der Waals surface area contributed by atoms with Crippen LogP contribution in [0.15, 0.2) is 12.1 Å². The van der Waals surface area contributed by atoms with Gasteiger partial charge < -0.3 is 10.6 Å². The maximum absolute atomic E-state index is 5.46. The highest BCUT2D eigenvalue weighted by Crippen LogP contribution is 2.16. The lowest BCUT2D eigenvalue weighted by atomic mass is 10.1. The summed E-state index contributed by atoms with van der Waals surface area (Å²) in [4.78, 5) is 2.29. The molecule has 0 bridgehead atoms. The van der Waals surface area contributed by atoms with E-state index < -0.39 is 0 Å². The van der Waals surface area contributed by atoms with Gasteiger partial charge in [-0.1, -0.05) is 0 Å². The highest BCUT2D eigenvalue weighted by molar-refractivity contribution is 5.37. The van der Waals surface area contributed by atoms with Gasteiger partial charge in [0.25, 0.3) is 0 Å². The number of hydrogen-bond acceptors (Lipinski definition) is 4. The van der Waals surface area contributed by atoms with E-state index in [4.69, 9.17) is 5.73 Å². The van der Waals surface area contributed by atoms with Crippen molar-refractivity contribution >= 4 is 5.82 Å². The van der Waals surface area contributed by atoms with Crippen molar-refractivity contribution in [2.75, 3.05) is 18.0 Å². The fraction of sp³-hybridized carbons (Fsp3) is 0.600. The third kappa shape index (κ3) is 2.01. The molecule has 0 atom stereocenters. The predicted molar refractivity (Wildman–Crippen MR) is 56.0 cm³/mol. The molecule has 1 aliphatic heterocycles. The molecule has 2 heterocycles. The fourth-order valence-electron chi connectivity index (χ4n) is 1.75. The first-order chi connectivity index (χ1) is 6.90. The Labute approximate surface area is 84.1 Å². The van der Waals surface area contributed by atoms with Crippen LogP contribution >= 0.6 is 0 Å². The molecule has 0 radical (unpaired) electrons. The summed E-state index contributed by atoms with van der Waals surface area (Å²) < 4.78 is 0. The molecule has 1 fully saturated rings. The van der Waals surface area contributed by atoms with Crippen LogP contribution in [0.25, 0.3) is 0 Å². The Bertz CT molecular complexity index is 277. The van der Waals surface area contributed by atoms with Crippen molar-refractivity contribution in [2.24, 2.45) is 5.73 Å². The molecule has 1 aromatic heterocycles. The van der Waals surface area contributed by atoms with Crippen LogP contribution in [-0.4, -0.2) is 23.3 Å². The van der Waals surface area contributed by atoms with Crippen LogP contribution in [0.4, 0.5) is 5.82 Å². The third-order valence-corrected chi connectivity index (χ3v) is 2.59. The van der Waals surface area contributed by atoms with Crippen molar-refractivity contribution in [3.63, 3.8) is 0 Å². The summed E-state index contributed by atoms with van der Waals surface area (Å²) in [5.74, 6) is 0.988. The number of piperidine rings is 1. The van der Waals surface area contributed by atoms with Crippen molar-refractivity contribution < 1.29 is 0 Å². The molecule has 14 heavy (non-hydrogen) atoms. The minimum absolute atomic E-state index is 0.466. The molecule has 0 saturated carbocycles. The lowest BCUT2D eigenvalue weighted by Crippen LogP contribution is -2.30. The van der Waals surface area contributed by atoms with Gasteiger partial charge in [-0.2, -0.15) is 5.10 Å². The average Bonchev–Trinajstić information content (AvgIpc) is 2.30. The van der Waals surface area contributed by atoms with E-state index in [0.29, 0.717) is 6.54 Å². The van der Waals surface area contributed by atoms with Crippen molar-refractivity contribution in [2.45, 2.75) is 25.8 Å². The van der Waals surface area contributed by atoms with E-state index in [2.05, 4.69) is 15.1 Å². The molecule has 4 heteroatoms. The number of hydrogen-bond donors (Lipinski definition) is 1. The molecule has 0 amide bonds. The van der Waals surface area contributed by atoms with E-state index in [1.165, 1.54) is 19.3 Å². The van der Waals surface area contributed by atoms with E-state index >= 15 is 0 Å². The molecule has 4 nitrogen and oxygen atoms in total. The monoisotopic (exact) mass is 192 g/mol. The van der Waals surface area contributed by atoms with Crippen molar-refractivity contribution in [3.05, 3.63) is 17.8 Å². The summed E-state index contributed by atoms with van der Waals surface area (Å²) in [5.41, 5.74) is 6.31. The Hall–Kier alpha value is -1.16. The topological polar surface area (TPSA) is 55.0 Å². The Kier molecular flexibility index (Phi) is 2.93. The van der Waals surface area contributed by atoms with E-state index in [1.807, 2.05) is 12.1 Å². The first-order valence-electron chi connectivity index (χ1n) is 5.18. The quantitative estimate of drug-likeness (QED) is 0.757. The zero-order valence-corrected chi connectivity index (χ0v) is 8.32. The van der Waals surface area contributed by atoms with Crippen LogP contribution in [-0.2, 0) is 6.54 Å².